The topological polar surface area (TPSA) is 94.2 Å². The lowest BCUT2D eigenvalue weighted by molar-refractivity contribution is -0.128. The van der Waals surface area contributed by atoms with Gasteiger partial charge in [-0.2, -0.15) is 4.31 Å². The maximum absolute atomic E-state index is 13.0. The van der Waals surface area contributed by atoms with E-state index in [1.54, 1.807) is 13.2 Å². The van der Waals surface area contributed by atoms with E-state index < -0.39 is 10.0 Å². The molecule has 1 amide bonds. The Morgan fingerprint density at radius 2 is 1.96 bits per heavy atom. The van der Waals surface area contributed by atoms with Crippen molar-refractivity contribution in [1.29, 1.82) is 0 Å². The normalized spacial score (nSPS) is 25.3. The monoisotopic (exact) mass is 412 g/mol. The zero-order valence-electron chi connectivity index (χ0n) is 16.5. The maximum Gasteiger partial charge on any atom is 0.251 e. The first-order chi connectivity index (χ1) is 13.4. The van der Waals surface area contributed by atoms with E-state index in [2.05, 4.69) is 5.32 Å². The SMILES string of the molecule is CCO[C@@H]1C[C@H](NC(=O)c2ccc(OC)c(S(=O)(=O)N3CCCC3)c2)[C@@H]1OC. The molecular weight excluding hydrogens is 384 g/mol. The van der Waals surface area contributed by atoms with Crippen LogP contribution >= 0.6 is 0 Å². The van der Waals surface area contributed by atoms with Crippen molar-refractivity contribution in [1.82, 2.24) is 9.62 Å². The first-order valence-electron chi connectivity index (χ1n) is 9.55. The third kappa shape index (κ3) is 4.03. The predicted octanol–water partition coefficient (Wildman–Crippen LogP) is 1.40. The zero-order chi connectivity index (χ0) is 20.3. The molecule has 1 aromatic rings. The minimum Gasteiger partial charge on any atom is -0.495 e. The number of hydrogen-bond acceptors (Lipinski definition) is 6. The molecule has 1 aromatic carbocycles. The molecule has 1 saturated carbocycles. The van der Waals surface area contributed by atoms with Gasteiger partial charge in [0.25, 0.3) is 5.91 Å². The summed E-state index contributed by atoms with van der Waals surface area (Å²) >= 11 is 0. The van der Waals surface area contributed by atoms with Crippen LogP contribution in [0.15, 0.2) is 23.1 Å². The molecule has 1 aliphatic heterocycles. The number of carbonyl (C=O) groups excluding carboxylic acids is 1. The summed E-state index contributed by atoms with van der Waals surface area (Å²) < 4.78 is 43.6. The highest BCUT2D eigenvalue weighted by molar-refractivity contribution is 7.89. The van der Waals surface area contributed by atoms with Crippen molar-refractivity contribution >= 4 is 15.9 Å². The molecule has 0 radical (unpaired) electrons. The number of methoxy groups -OCH3 is 2. The van der Waals surface area contributed by atoms with Gasteiger partial charge in [0.2, 0.25) is 10.0 Å². The lowest BCUT2D eigenvalue weighted by atomic mass is 9.85. The standard InChI is InChI=1S/C19H28N2O6S/c1-4-27-16-12-14(18(16)26-3)20-19(22)13-7-8-15(25-2)17(11-13)28(23,24)21-9-5-6-10-21/h7-8,11,14,16,18H,4-6,9-10,12H2,1-3H3,(H,20,22)/t14-,16+,18-/m0/s1. The molecule has 9 heteroatoms. The van der Waals surface area contributed by atoms with Gasteiger partial charge in [-0.25, -0.2) is 8.42 Å². The van der Waals surface area contributed by atoms with E-state index in [0.29, 0.717) is 26.1 Å². The van der Waals surface area contributed by atoms with Gasteiger partial charge in [0.05, 0.1) is 19.3 Å². The third-order valence-electron chi connectivity index (χ3n) is 5.33. The van der Waals surface area contributed by atoms with Gasteiger partial charge in [-0.15, -0.1) is 0 Å². The average Bonchev–Trinajstić information content (AvgIpc) is 3.22. The van der Waals surface area contributed by atoms with E-state index in [1.165, 1.54) is 23.5 Å². The Hall–Kier alpha value is -1.68. The molecule has 0 aromatic heterocycles. The van der Waals surface area contributed by atoms with Crippen molar-refractivity contribution in [2.24, 2.45) is 0 Å². The molecule has 0 spiro atoms. The van der Waals surface area contributed by atoms with Gasteiger partial charge >= 0.3 is 0 Å². The van der Waals surface area contributed by atoms with Crippen LogP contribution in [0.2, 0.25) is 0 Å². The van der Waals surface area contributed by atoms with Crippen molar-refractivity contribution in [3.63, 3.8) is 0 Å². The number of amides is 1. The molecule has 8 nitrogen and oxygen atoms in total. The maximum atomic E-state index is 13.0. The van der Waals surface area contributed by atoms with Gasteiger partial charge in [0.1, 0.15) is 16.7 Å². The Bertz CT molecular complexity index is 807. The fourth-order valence-electron chi connectivity index (χ4n) is 3.75. The number of rotatable bonds is 8. The largest absolute Gasteiger partial charge is 0.495 e. The van der Waals surface area contributed by atoms with Crippen LogP contribution in [-0.2, 0) is 19.5 Å². The molecule has 2 aliphatic rings. The molecule has 1 heterocycles. The Balaban J connectivity index is 1.78. The van der Waals surface area contributed by atoms with Crippen LogP contribution in [0.1, 0.15) is 36.5 Å². The quantitative estimate of drug-likeness (QED) is 0.694. The van der Waals surface area contributed by atoms with Crippen molar-refractivity contribution < 1.29 is 27.4 Å². The molecule has 1 saturated heterocycles. The van der Waals surface area contributed by atoms with Crippen LogP contribution in [-0.4, -0.2) is 70.8 Å². The number of nitrogens with one attached hydrogen (secondary N) is 1. The number of ether oxygens (including phenoxy) is 3. The second-order valence-corrected chi connectivity index (χ2v) is 8.89. The number of sulfonamides is 1. The summed E-state index contributed by atoms with van der Waals surface area (Å²) in [5.74, 6) is -0.110. The van der Waals surface area contributed by atoms with Gasteiger partial charge in [-0.05, 0) is 44.4 Å². The smallest absolute Gasteiger partial charge is 0.251 e. The van der Waals surface area contributed by atoms with Crippen LogP contribution in [0.5, 0.6) is 5.75 Å². The molecule has 156 valence electrons. The average molecular weight is 413 g/mol. The van der Waals surface area contributed by atoms with Crippen molar-refractivity contribution in [2.75, 3.05) is 33.9 Å². The van der Waals surface area contributed by atoms with E-state index in [4.69, 9.17) is 14.2 Å². The molecule has 0 bridgehead atoms. The Kier molecular flexibility index (Phi) is 6.59. The summed E-state index contributed by atoms with van der Waals surface area (Å²) in [5, 5.41) is 2.91. The Morgan fingerprint density at radius 1 is 1.25 bits per heavy atom. The highest BCUT2D eigenvalue weighted by Gasteiger charge is 2.43. The molecular formula is C19H28N2O6S. The van der Waals surface area contributed by atoms with Crippen LogP contribution in [0.25, 0.3) is 0 Å². The summed E-state index contributed by atoms with van der Waals surface area (Å²) in [6.07, 6.45) is 2.08. The first kappa shape index (κ1) is 21.0. The van der Waals surface area contributed by atoms with E-state index in [9.17, 15) is 13.2 Å². The molecule has 3 atom stereocenters. The highest BCUT2D eigenvalue weighted by atomic mass is 32.2. The van der Waals surface area contributed by atoms with Crippen molar-refractivity contribution in [3.8, 4) is 5.75 Å². The fourth-order valence-corrected chi connectivity index (χ4v) is 5.45. The third-order valence-corrected chi connectivity index (χ3v) is 7.25. The van der Waals surface area contributed by atoms with E-state index in [1.807, 2.05) is 6.92 Å². The Morgan fingerprint density at radius 3 is 2.57 bits per heavy atom. The van der Waals surface area contributed by atoms with Gasteiger partial charge < -0.3 is 19.5 Å². The zero-order valence-corrected chi connectivity index (χ0v) is 17.3. The van der Waals surface area contributed by atoms with Gasteiger partial charge in [0.15, 0.2) is 0 Å². The summed E-state index contributed by atoms with van der Waals surface area (Å²) in [7, 11) is -0.699. The van der Waals surface area contributed by atoms with Crippen molar-refractivity contribution in [2.45, 2.75) is 49.3 Å². The predicted molar refractivity (Wildman–Crippen MR) is 103 cm³/mol. The van der Waals surface area contributed by atoms with E-state index in [-0.39, 0.29) is 40.4 Å². The second-order valence-electron chi connectivity index (χ2n) is 6.99. The summed E-state index contributed by atoms with van der Waals surface area (Å²) in [6, 6.07) is 4.31. The van der Waals surface area contributed by atoms with Gasteiger partial charge in [-0.1, -0.05) is 0 Å². The number of carbonyl (C=O) groups is 1. The molecule has 28 heavy (non-hydrogen) atoms. The summed E-state index contributed by atoms with van der Waals surface area (Å²) in [6.45, 7) is 3.47. The summed E-state index contributed by atoms with van der Waals surface area (Å²) in [4.78, 5) is 12.7. The van der Waals surface area contributed by atoms with Gasteiger partial charge in [0, 0.05) is 32.4 Å². The molecule has 0 unspecified atom stereocenters. The highest BCUT2D eigenvalue weighted by Crippen LogP contribution is 2.31. The van der Waals surface area contributed by atoms with Crippen LogP contribution in [0, 0.1) is 0 Å². The fraction of sp³-hybridized carbons (Fsp3) is 0.632. The second kappa shape index (κ2) is 8.77. The lowest BCUT2D eigenvalue weighted by Gasteiger charge is -2.43. The van der Waals surface area contributed by atoms with E-state index >= 15 is 0 Å². The van der Waals surface area contributed by atoms with E-state index in [0.717, 1.165) is 12.8 Å². The molecule has 3 rings (SSSR count). The summed E-state index contributed by atoms with van der Waals surface area (Å²) in [5.41, 5.74) is 0.272. The molecule has 2 fully saturated rings. The minimum absolute atomic E-state index is 0.0219. The Labute approximate surface area is 166 Å². The number of nitrogens with zero attached hydrogens (tertiary/aromatic N) is 1. The number of benzene rings is 1. The van der Waals surface area contributed by atoms with Crippen LogP contribution in [0.3, 0.4) is 0 Å². The number of hydrogen-bond donors (Lipinski definition) is 1. The lowest BCUT2D eigenvalue weighted by Crippen LogP contribution is -2.61. The van der Waals surface area contributed by atoms with Crippen LogP contribution in [0.4, 0.5) is 0 Å². The van der Waals surface area contributed by atoms with Crippen molar-refractivity contribution in [3.05, 3.63) is 23.8 Å². The first-order valence-corrected chi connectivity index (χ1v) is 11.0. The molecule has 1 aliphatic carbocycles. The minimum atomic E-state index is -3.71. The molecule has 1 N–H and O–H groups in total. The van der Waals surface area contributed by atoms with Gasteiger partial charge in [-0.3, -0.25) is 4.79 Å². The van der Waals surface area contributed by atoms with Crippen LogP contribution < -0.4 is 10.1 Å².